The maximum absolute atomic E-state index is 13.1. The third-order valence-electron chi connectivity index (χ3n) is 5.63. The Kier molecular flexibility index (Phi) is 9.88. The van der Waals surface area contributed by atoms with Gasteiger partial charge in [0.05, 0.1) is 6.42 Å². The normalized spacial score (nSPS) is 12.2. The van der Waals surface area contributed by atoms with Gasteiger partial charge < -0.3 is 14.6 Å². The van der Waals surface area contributed by atoms with Crippen molar-refractivity contribution in [2.75, 3.05) is 13.1 Å². The first-order chi connectivity index (χ1) is 17.2. The molecule has 3 rings (SSSR count). The number of halogens is 1. The molecule has 0 unspecified atom stereocenters. The predicted molar refractivity (Wildman–Crippen MR) is 140 cm³/mol. The molecule has 36 heavy (non-hydrogen) atoms. The first-order valence-corrected chi connectivity index (χ1v) is 12.4. The molecule has 0 aromatic heterocycles. The van der Waals surface area contributed by atoms with E-state index in [4.69, 9.17) is 9.47 Å². The van der Waals surface area contributed by atoms with Crippen LogP contribution in [0.15, 0.2) is 72.8 Å². The van der Waals surface area contributed by atoms with Gasteiger partial charge in [-0.3, -0.25) is 9.69 Å². The molecule has 0 radical (unpaired) electrons. The number of carboxylic acid groups (broad SMARTS) is 1. The molecule has 3 aromatic carbocycles. The van der Waals surface area contributed by atoms with Crippen molar-refractivity contribution in [3.05, 3.63) is 89.7 Å². The average Bonchev–Trinajstić information content (AvgIpc) is 2.82. The lowest BCUT2D eigenvalue weighted by Gasteiger charge is -2.34. The van der Waals surface area contributed by atoms with Gasteiger partial charge in [0.1, 0.15) is 29.7 Å². The summed E-state index contributed by atoms with van der Waals surface area (Å²) >= 11 is 0. The average molecular weight is 494 g/mol. The highest BCUT2D eigenvalue weighted by Crippen LogP contribution is 2.29. The van der Waals surface area contributed by atoms with Crippen LogP contribution in [-0.4, -0.2) is 29.1 Å². The minimum absolute atomic E-state index is 0.0560. The van der Waals surface area contributed by atoms with Crippen LogP contribution < -0.4 is 9.47 Å². The Morgan fingerprint density at radius 1 is 0.861 bits per heavy atom. The highest BCUT2D eigenvalue weighted by molar-refractivity contribution is 5.68. The lowest BCUT2D eigenvalue weighted by molar-refractivity contribution is -0.138. The van der Waals surface area contributed by atoms with Crippen LogP contribution in [0.4, 0.5) is 4.39 Å². The second-order valence-electron chi connectivity index (χ2n) is 9.92. The van der Waals surface area contributed by atoms with Crippen LogP contribution in [0, 0.1) is 17.7 Å². The van der Waals surface area contributed by atoms with Crippen LogP contribution in [0.2, 0.25) is 0 Å². The molecule has 0 bridgehead atoms. The van der Waals surface area contributed by atoms with E-state index < -0.39 is 5.97 Å². The Balaban J connectivity index is 1.67. The van der Waals surface area contributed by atoms with Gasteiger partial charge in [-0.1, -0.05) is 52.0 Å². The molecule has 0 heterocycles. The molecular formula is C30H36FNO4. The topological polar surface area (TPSA) is 59.0 Å². The van der Waals surface area contributed by atoms with E-state index in [1.54, 1.807) is 12.1 Å². The molecule has 0 aliphatic carbocycles. The Bertz CT molecular complexity index is 1090. The number of rotatable bonds is 13. The van der Waals surface area contributed by atoms with Gasteiger partial charge in [-0.25, -0.2) is 4.39 Å². The molecular weight excluding hydrogens is 457 g/mol. The zero-order valence-electron chi connectivity index (χ0n) is 21.5. The summed E-state index contributed by atoms with van der Waals surface area (Å²) < 4.78 is 24.9. The molecule has 192 valence electrons. The maximum Gasteiger partial charge on any atom is 0.305 e. The molecule has 0 amide bonds. The van der Waals surface area contributed by atoms with E-state index in [1.807, 2.05) is 48.5 Å². The number of ether oxygens (including phenoxy) is 2. The highest BCUT2D eigenvalue weighted by atomic mass is 19.1. The van der Waals surface area contributed by atoms with E-state index in [-0.39, 0.29) is 18.3 Å². The molecule has 0 spiro atoms. The molecule has 0 saturated heterocycles. The van der Waals surface area contributed by atoms with Crippen LogP contribution in [0.3, 0.4) is 0 Å². The van der Waals surface area contributed by atoms with Gasteiger partial charge in [0.2, 0.25) is 0 Å². The van der Waals surface area contributed by atoms with Gasteiger partial charge in [-0.05, 0) is 71.5 Å². The fourth-order valence-corrected chi connectivity index (χ4v) is 4.18. The third kappa shape index (κ3) is 8.68. The summed E-state index contributed by atoms with van der Waals surface area (Å²) in [5, 5.41) is 9.58. The van der Waals surface area contributed by atoms with Gasteiger partial charge in [-0.15, -0.1) is 0 Å². The van der Waals surface area contributed by atoms with E-state index in [1.165, 1.54) is 12.1 Å². The lowest BCUT2D eigenvalue weighted by atomic mass is 9.99. The lowest BCUT2D eigenvalue weighted by Crippen LogP contribution is -2.36. The zero-order chi connectivity index (χ0) is 26.1. The van der Waals surface area contributed by atoms with E-state index in [2.05, 4.69) is 32.6 Å². The molecule has 0 saturated carbocycles. The van der Waals surface area contributed by atoms with Gasteiger partial charge in [0.15, 0.2) is 0 Å². The van der Waals surface area contributed by atoms with Gasteiger partial charge in [0, 0.05) is 19.1 Å². The van der Waals surface area contributed by atoms with Gasteiger partial charge >= 0.3 is 5.97 Å². The molecule has 6 heteroatoms. The van der Waals surface area contributed by atoms with Crippen molar-refractivity contribution in [1.29, 1.82) is 0 Å². The second-order valence-corrected chi connectivity index (χ2v) is 9.92. The summed E-state index contributed by atoms with van der Waals surface area (Å²) in [6.45, 7) is 10.6. The van der Waals surface area contributed by atoms with Crippen LogP contribution >= 0.6 is 0 Å². The summed E-state index contributed by atoms with van der Waals surface area (Å²) in [6.07, 6.45) is 0.0560. The number of carboxylic acids is 1. The van der Waals surface area contributed by atoms with Crippen molar-refractivity contribution >= 4 is 5.97 Å². The molecule has 5 nitrogen and oxygen atoms in total. The number of carbonyl (C=O) groups is 1. The van der Waals surface area contributed by atoms with Crippen molar-refractivity contribution in [2.24, 2.45) is 11.8 Å². The van der Waals surface area contributed by atoms with E-state index in [0.29, 0.717) is 35.7 Å². The van der Waals surface area contributed by atoms with Crippen molar-refractivity contribution in [3.8, 4) is 17.2 Å². The maximum atomic E-state index is 13.1. The van der Waals surface area contributed by atoms with Crippen LogP contribution in [0.5, 0.6) is 17.2 Å². The van der Waals surface area contributed by atoms with Gasteiger partial charge in [-0.2, -0.15) is 0 Å². The van der Waals surface area contributed by atoms with Crippen LogP contribution in [0.25, 0.3) is 0 Å². The SMILES string of the molecule is CC(C)CN(CC(C)C)[C@@H](CC(=O)O)c1ccc(OCc2cccc(Oc3ccc(F)cc3)c2)cc1. The van der Waals surface area contributed by atoms with Crippen LogP contribution in [0.1, 0.15) is 51.3 Å². The monoisotopic (exact) mass is 493 g/mol. The first-order valence-electron chi connectivity index (χ1n) is 12.4. The predicted octanol–water partition coefficient (Wildman–Crippen LogP) is 7.33. The Hall–Kier alpha value is -3.38. The number of benzene rings is 3. The smallest absolute Gasteiger partial charge is 0.305 e. The molecule has 1 atom stereocenters. The van der Waals surface area contributed by atoms with Crippen molar-refractivity contribution in [2.45, 2.75) is 46.8 Å². The number of hydrogen-bond donors (Lipinski definition) is 1. The summed E-state index contributed by atoms with van der Waals surface area (Å²) in [7, 11) is 0. The van der Waals surface area contributed by atoms with Gasteiger partial charge in [0.25, 0.3) is 0 Å². The fourth-order valence-electron chi connectivity index (χ4n) is 4.18. The fraction of sp³-hybridized carbons (Fsp3) is 0.367. The second kappa shape index (κ2) is 13.1. The molecule has 0 aliphatic rings. The summed E-state index contributed by atoms with van der Waals surface area (Å²) in [6, 6.07) is 21.0. The largest absolute Gasteiger partial charge is 0.489 e. The zero-order valence-corrected chi connectivity index (χ0v) is 21.5. The van der Waals surface area contributed by atoms with Crippen LogP contribution in [-0.2, 0) is 11.4 Å². The Morgan fingerprint density at radius 3 is 2.06 bits per heavy atom. The minimum Gasteiger partial charge on any atom is -0.489 e. The van der Waals surface area contributed by atoms with E-state index in [0.717, 1.165) is 24.2 Å². The third-order valence-corrected chi connectivity index (χ3v) is 5.63. The minimum atomic E-state index is -0.805. The molecule has 0 aliphatic heterocycles. The number of hydrogen-bond acceptors (Lipinski definition) is 4. The van der Waals surface area contributed by atoms with E-state index in [9.17, 15) is 14.3 Å². The summed E-state index contributed by atoms with van der Waals surface area (Å²) in [4.78, 5) is 13.9. The molecule has 0 fully saturated rings. The number of aliphatic carboxylic acids is 1. The molecule has 1 N–H and O–H groups in total. The first kappa shape index (κ1) is 27.2. The number of nitrogens with zero attached hydrogens (tertiary/aromatic N) is 1. The van der Waals surface area contributed by atoms with Crippen molar-refractivity contribution < 1.29 is 23.8 Å². The summed E-state index contributed by atoms with van der Waals surface area (Å²) in [5.74, 6) is 1.67. The van der Waals surface area contributed by atoms with Crippen molar-refractivity contribution in [3.63, 3.8) is 0 Å². The van der Waals surface area contributed by atoms with E-state index >= 15 is 0 Å². The molecule has 3 aromatic rings. The highest BCUT2D eigenvalue weighted by Gasteiger charge is 2.24. The standard InChI is InChI=1S/C30H36FNO4/c1-21(2)18-32(19-22(3)4)29(17-30(33)34)24-8-12-26(13-9-24)35-20-23-6-5-7-28(16-23)36-27-14-10-25(31)11-15-27/h5-16,21-22,29H,17-20H2,1-4H3,(H,33,34)/t29-/m0/s1. The van der Waals surface area contributed by atoms with Crippen molar-refractivity contribution in [1.82, 2.24) is 4.90 Å². The Labute approximate surface area is 213 Å². The Morgan fingerprint density at radius 2 is 1.47 bits per heavy atom. The summed E-state index contributed by atoms with van der Waals surface area (Å²) in [5.41, 5.74) is 1.91. The quantitative estimate of drug-likeness (QED) is 0.270.